The first kappa shape index (κ1) is 27.0. The van der Waals surface area contributed by atoms with E-state index in [2.05, 4.69) is 53.3 Å². The molecule has 0 aliphatic heterocycles. The third-order valence-electron chi connectivity index (χ3n) is 8.73. The predicted molar refractivity (Wildman–Crippen MR) is 134 cm³/mol. The maximum absolute atomic E-state index is 12.1. The van der Waals surface area contributed by atoms with Crippen LogP contribution in [-0.2, 0) is 11.8 Å². The monoisotopic (exact) mass is 414 g/mol. The lowest BCUT2D eigenvalue weighted by atomic mass is 9.51. The first-order chi connectivity index (χ1) is 14.2. The van der Waals surface area contributed by atoms with Gasteiger partial charge in [0, 0.05) is 5.41 Å². The van der Waals surface area contributed by atoms with Gasteiger partial charge in [0.15, 0.2) is 0 Å². The molecule has 172 valence electrons. The Hall–Kier alpha value is -1.08. The molecule has 4 rings (SSSR count). The molecule has 3 aliphatic rings. The van der Waals surface area contributed by atoms with Gasteiger partial charge >= 0.3 is 0 Å². The fourth-order valence-electron chi connectivity index (χ4n) is 6.95. The van der Waals surface area contributed by atoms with Crippen molar-refractivity contribution in [2.24, 2.45) is 17.3 Å². The van der Waals surface area contributed by atoms with Crippen molar-refractivity contribution in [1.29, 1.82) is 0 Å². The van der Waals surface area contributed by atoms with Crippen LogP contribution in [0.2, 0.25) is 0 Å². The van der Waals surface area contributed by atoms with E-state index in [1.165, 1.54) is 27.8 Å². The van der Waals surface area contributed by atoms with Crippen molar-refractivity contribution in [3.05, 3.63) is 46.5 Å². The summed E-state index contributed by atoms with van der Waals surface area (Å²) in [6, 6.07) is 4.64. The molecule has 0 heterocycles. The standard InChI is InChI=1S/C23H32O.3C2H6/c1-7-21-12-19-9-8-14(2)16(4)20(19)22(13-21)17(5)15(3)10-11-23(22,24)18(21)6;3*1-2/h8-9,17-18,24H,3,7,10-13H2,1-2,4-6H3;3*1-2H3/t17-,18+,21?,22?,23+;;;/m0.../s1. The highest BCUT2D eigenvalue weighted by atomic mass is 16.3. The molecule has 0 amide bonds. The average Bonchev–Trinajstić information content (AvgIpc) is 2.95. The topological polar surface area (TPSA) is 20.2 Å². The summed E-state index contributed by atoms with van der Waals surface area (Å²) in [7, 11) is 0. The second-order valence-electron chi connectivity index (χ2n) is 9.11. The molecule has 0 aromatic heterocycles. The highest BCUT2D eigenvalue weighted by molar-refractivity contribution is 5.54. The predicted octanol–water partition coefficient (Wildman–Crippen LogP) is 8.33. The molecule has 0 saturated heterocycles. The van der Waals surface area contributed by atoms with Crippen molar-refractivity contribution in [3.8, 4) is 0 Å². The van der Waals surface area contributed by atoms with E-state index in [0.717, 1.165) is 32.1 Å². The Morgan fingerprint density at radius 2 is 1.60 bits per heavy atom. The first-order valence-electron chi connectivity index (χ1n) is 12.7. The molecule has 1 N–H and O–H groups in total. The number of benzene rings is 1. The van der Waals surface area contributed by atoms with E-state index >= 15 is 0 Å². The van der Waals surface area contributed by atoms with Crippen LogP contribution in [-0.4, -0.2) is 10.7 Å². The third-order valence-corrected chi connectivity index (χ3v) is 8.73. The zero-order chi connectivity index (χ0) is 23.5. The van der Waals surface area contributed by atoms with Crippen molar-refractivity contribution < 1.29 is 5.11 Å². The fraction of sp³-hybridized carbons (Fsp3) is 0.724. The molecule has 1 heteroatoms. The number of fused-ring (bicyclic) bond motifs is 2. The van der Waals surface area contributed by atoms with Gasteiger partial charge < -0.3 is 5.11 Å². The summed E-state index contributed by atoms with van der Waals surface area (Å²) in [6.07, 6.45) is 5.27. The molecule has 3 aliphatic carbocycles. The van der Waals surface area contributed by atoms with Crippen molar-refractivity contribution in [3.63, 3.8) is 0 Å². The quantitative estimate of drug-likeness (QED) is 0.458. The highest BCUT2D eigenvalue weighted by Gasteiger charge is 2.72. The van der Waals surface area contributed by atoms with Gasteiger partial charge in [-0.05, 0) is 85.5 Å². The van der Waals surface area contributed by atoms with E-state index in [9.17, 15) is 5.11 Å². The molecule has 5 atom stereocenters. The third kappa shape index (κ3) is 3.40. The molecule has 2 unspecified atom stereocenters. The summed E-state index contributed by atoms with van der Waals surface area (Å²) < 4.78 is 0. The Balaban J connectivity index is 0.000000691. The van der Waals surface area contributed by atoms with Crippen LogP contribution in [0, 0.1) is 31.1 Å². The molecule has 1 spiro atoms. The summed E-state index contributed by atoms with van der Waals surface area (Å²) >= 11 is 0. The van der Waals surface area contributed by atoms with Crippen LogP contribution in [0.25, 0.3) is 0 Å². The van der Waals surface area contributed by atoms with Gasteiger partial charge in [0.2, 0.25) is 0 Å². The van der Waals surface area contributed by atoms with Crippen LogP contribution >= 0.6 is 0 Å². The summed E-state index contributed by atoms with van der Waals surface area (Å²) in [5.41, 5.74) is 6.59. The Morgan fingerprint density at radius 3 is 2.13 bits per heavy atom. The lowest BCUT2D eigenvalue weighted by Crippen LogP contribution is -2.57. The van der Waals surface area contributed by atoms with Crippen LogP contribution in [0.3, 0.4) is 0 Å². The minimum atomic E-state index is -0.590. The van der Waals surface area contributed by atoms with Gasteiger partial charge in [-0.1, -0.05) is 86.6 Å². The Labute approximate surface area is 188 Å². The van der Waals surface area contributed by atoms with Gasteiger partial charge in [-0.3, -0.25) is 0 Å². The molecule has 1 aromatic carbocycles. The molecule has 2 fully saturated rings. The maximum Gasteiger partial charge on any atom is 0.0783 e. The van der Waals surface area contributed by atoms with Crippen molar-refractivity contribution in [2.45, 2.75) is 119 Å². The first-order valence-corrected chi connectivity index (χ1v) is 12.7. The molecule has 1 nitrogen and oxygen atoms in total. The van der Waals surface area contributed by atoms with Gasteiger partial charge in [-0.15, -0.1) is 0 Å². The molecule has 2 bridgehead atoms. The number of hydrogen-bond acceptors (Lipinski definition) is 1. The second-order valence-corrected chi connectivity index (χ2v) is 9.11. The average molecular weight is 415 g/mol. The number of rotatable bonds is 1. The number of aliphatic hydroxyl groups is 1. The van der Waals surface area contributed by atoms with Crippen molar-refractivity contribution in [2.75, 3.05) is 0 Å². The summed E-state index contributed by atoms with van der Waals surface area (Å²) in [5.74, 6) is 0.698. The summed E-state index contributed by atoms with van der Waals surface area (Å²) in [5, 5.41) is 12.1. The van der Waals surface area contributed by atoms with E-state index in [-0.39, 0.29) is 10.8 Å². The highest BCUT2D eigenvalue weighted by Crippen LogP contribution is 2.72. The van der Waals surface area contributed by atoms with Gasteiger partial charge in [0.05, 0.1) is 5.60 Å². The molecular weight excluding hydrogens is 364 g/mol. The van der Waals surface area contributed by atoms with E-state index in [4.69, 9.17) is 0 Å². The number of allylic oxidation sites excluding steroid dienone is 1. The molecule has 1 aromatic rings. The van der Waals surface area contributed by atoms with Gasteiger partial charge in [-0.25, -0.2) is 0 Å². The van der Waals surface area contributed by atoms with Crippen molar-refractivity contribution >= 4 is 0 Å². The minimum absolute atomic E-state index is 0.137. The largest absolute Gasteiger partial charge is 0.389 e. The zero-order valence-corrected chi connectivity index (χ0v) is 22.0. The van der Waals surface area contributed by atoms with Gasteiger partial charge in [0.1, 0.15) is 0 Å². The van der Waals surface area contributed by atoms with Crippen LogP contribution in [0.4, 0.5) is 0 Å². The fourth-order valence-corrected chi connectivity index (χ4v) is 6.95. The summed E-state index contributed by atoms with van der Waals surface area (Å²) in [4.78, 5) is 0. The van der Waals surface area contributed by atoms with Crippen LogP contribution in [0.5, 0.6) is 0 Å². The molecule has 0 radical (unpaired) electrons. The van der Waals surface area contributed by atoms with E-state index in [1.807, 2.05) is 41.5 Å². The molecule has 30 heavy (non-hydrogen) atoms. The van der Waals surface area contributed by atoms with Crippen molar-refractivity contribution in [1.82, 2.24) is 0 Å². The normalized spacial score (nSPS) is 35.4. The van der Waals surface area contributed by atoms with E-state index in [0.29, 0.717) is 11.8 Å². The van der Waals surface area contributed by atoms with E-state index < -0.39 is 5.60 Å². The van der Waals surface area contributed by atoms with Gasteiger partial charge in [0.25, 0.3) is 0 Å². The lowest BCUT2D eigenvalue weighted by molar-refractivity contribution is -0.0892. The Bertz CT molecular complexity index is 732. The number of hydrogen-bond donors (Lipinski definition) is 1. The SMILES string of the molecule is C=C1CC[C@@]2(O)[C@H](C)C3(CC)Cc4ccc(C)c(C)c4C2(C3)[C@H]1C.CC.CC.CC. The minimum Gasteiger partial charge on any atom is -0.389 e. The van der Waals surface area contributed by atoms with Crippen LogP contribution in [0.15, 0.2) is 24.3 Å². The Morgan fingerprint density at radius 1 is 1.03 bits per heavy atom. The number of aryl methyl sites for hydroxylation is 1. The van der Waals surface area contributed by atoms with E-state index in [1.54, 1.807) is 0 Å². The maximum atomic E-state index is 12.1. The smallest absolute Gasteiger partial charge is 0.0783 e. The molecular formula is C29H50O. The molecule has 2 saturated carbocycles. The second kappa shape index (κ2) is 10.0. The van der Waals surface area contributed by atoms with Gasteiger partial charge in [-0.2, -0.15) is 0 Å². The summed E-state index contributed by atoms with van der Waals surface area (Å²) in [6.45, 7) is 27.9. The Kier molecular flexibility index (Phi) is 9.01. The van der Waals surface area contributed by atoms with Crippen LogP contribution < -0.4 is 0 Å². The van der Waals surface area contributed by atoms with Crippen LogP contribution in [0.1, 0.15) is 110 Å². The zero-order valence-electron chi connectivity index (χ0n) is 22.0. The lowest BCUT2D eigenvalue weighted by Gasteiger charge is -2.54.